The number of hydrogen-bond acceptors (Lipinski definition) is 3. The summed E-state index contributed by atoms with van der Waals surface area (Å²) in [5.74, 6) is 0. The number of aryl methyl sites for hydroxylation is 1. The van der Waals surface area contributed by atoms with Crippen LogP contribution in [0.25, 0.3) is 16.2 Å². The molecule has 3 nitrogen and oxygen atoms in total. The number of aromatic nitrogens is 3. The molecule has 3 aromatic rings. The van der Waals surface area contributed by atoms with E-state index in [-0.39, 0.29) is 0 Å². The van der Waals surface area contributed by atoms with Crippen LogP contribution in [0.2, 0.25) is 0 Å². The van der Waals surface area contributed by atoms with Crippen molar-refractivity contribution in [2.75, 3.05) is 0 Å². The zero-order valence-corrected chi connectivity index (χ0v) is 11.6. The zero-order valence-electron chi connectivity index (χ0n) is 9.22. The fourth-order valence-electron chi connectivity index (χ4n) is 1.68. The molecular weight excluding hydrogens is 298 g/mol. The molecule has 0 fully saturated rings. The van der Waals surface area contributed by atoms with Crippen LogP contribution in [0.4, 0.5) is 0 Å². The van der Waals surface area contributed by atoms with Crippen molar-refractivity contribution >= 4 is 32.2 Å². The number of hydrogen-bond donors (Lipinski definition) is 0. The molecular formula is C12H10BrN3S. The van der Waals surface area contributed by atoms with E-state index in [1.165, 1.54) is 0 Å². The van der Waals surface area contributed by atoms with Crippen molar-refractivity contribution in [1.29, 1.82) is 0 Å². The van der Waals surface area contributed by atoms with Gasteiger partial charge in [-0.3, -0.25) is 0 Å². The average Bonchev–Trinajstić information content (AvgIpc) is 2.86. The van der Waals surface area contributed by atoms with Crippen molar-refractivity contribution in [2.45, 2.75) is 13.3 Å². The molecule has 0 saturated heterocycles. The third-order valence-corrected chi connectivity index (χ3v) is 4.30. The molecule has 0 radical (unpaired) electrons. The van der Waals surface area contributed by atoms with Gasteiger partial charge in [-0.1, -0.05) is 52.4 Å². The van der Waals surface area contributed by atoms with Crippen LogP contribution in [0, 0.1) is 0 Å². The van der Waals surface area contributed by atoms with Gasteiger partial charge in [-0.2, -0.15) is 5.10 Å². The predicted molar refractivity (Wildman–Crippen MR) is 73.4 cm³/mol. The molecule has 3 rings (SSSR count). The lowest BCUT2D eigenvalue weighted by molar-refractivity contribution is 0.910. The number of rotatable bonds is 2. The highest BCUT2D eigenvalue weighted by atomic mass is 79.9. The minimum Gasteiger partial charge on any atom is -0.217 e. The first-order valence-electron chi connectivity index (χ1n) is 5.38. The summed E-state index contributed by atoms with van der Waals surface area (Å²) in [6.07, 6.45) is 2.93. The average molecular weight is 308 g/mol. The second-order valence-corrected chi connectivity index (χ2v) is 5.58. The van der Waals surface area contributed by atoms with Crippen LogP contribution in [-0.2, 0) is 6.42 Å². The Bertz CT molecular complexity index is 640. The summed E-state index contributed by atoms with van der Waals surface area (Å²) in [6.45, 7) is 2.10. The molecule has 0 aliphatic heterocycles. The number of benzene rings is 1. The van der Waals surface area contributed by atoms with Gasteiger partial charge in [0.05, 0.1) is 11.9 Å². The van der Waals surface area contributed by atoms with Crippen LogP contribution in [0.5, 0.6) is 0 Å². The molecule has 1 aromatic carbocycles. The fraction of sp³-hybridized carbons (Fsp3) is 0.167. The second kappa shape index (κ2) is 4.23. The van der Waals surface area contributed by atoms with Crippen molar-refractivity contribution < 1.29 is 0 Å². The largest absolute Gasteiger partial charge is 0.217 e. The molecule has 86 valence electrons. The molecule has 0 N–H and O–H groups in total. The Kier molecular flexibility index (Phi) is 2.72. The van der Waals surface area contributed by atoms with Gasteiger partial charge in [0.2, 0.25) is 4.96 Å². The van der Waals surface area contributed by atoms with E-state index in [0.29, 0.717) is 0 Å². The molecule has 0 atom stereocenters. The number of fused-ring (bicyclic) bond motifs is 1. The van der Waals surface area contributed by atoms with E-state index in [1.54, 1.807) is 11.3 Å². The van der Waals surface area contributed by atoms with Crippen LogP contribution in [-0.4, -0.2) is 14.6 Å². The summed E-state index contributed by atoms with van der Waals surface area (Å²) in [7, 11) is 0. The molecule has 0 aliphatic carbocycles. The molecule has 0 amide bonds. The number of nitrogens with zero attached hydrogens (tertiary/aromatic N) is 3. The smallest absolute Gasteiger partial charge is 0.212 e. The normalized spacial score (nSPS) is 11.2. The Morgan fingerprint density at radius 2 is 2.18 bits per heavy atom. The molecule has 17 heavy (non-hydrogen) atoms. The maximum absolute atomic E-state index is 4.60. The van der Waals surface area contributed by atoms with E-state index in [0.717, 1.165) is 32.1 Å². The first kappa shape index (κ1) is 10.9. The minimum absolute atomic E-state index is 0.951. The van der Waals surface area contributed by atoms with Crippen LogP contribution in [0.1, 0.15) is 11.9 Å². The fourth-order valence-corrected chi connectivity index (χ4v) is 2.99. The maximum atomic E-state index is 4.60. The Hall–Kier alpha value is -1.20. The van der Waals surface area contributed by atoms with Gasteiger partial charge in [-0.25, -0.2) is 9.50 Å². The van der Waals surface area contributed by atoms with E-state index in [4.69, 9.17) is 0 Å². The Morgan fingerprint density at radius 1 is 1.35 bits per heavy atom. The van der Waals surface area contributed by atoms with E-state index >= 15 is 0 Å². The Balaban J connectivity index is 2.13. The maximum Gasteiger partial charge on any atom is 0.212 e. The van der Waals surface area contributed by atoms with Gasteiger partial charge in [0.25, 0.3) is 0 Å². The van der Waals surface area contributed by atoms with Crippen molar-refractivity contribution in [2.24, 2.45) is 0 Å². The number of imidazole rings is 1. The van der Waals surface area contributed by atoms with E-state index < -0.39 is 0 Å². The Morgan fingerprint density at radius 3 is 2.88 bits per heavy atom. The number of halogens is 1. The van der Waals surface area contributed by atoms with Gasteiger partial charge < -0.3 is 0 Å². The van der Waals surface area contributed by atoms with Gasteiger partial charge in [0, 0.05) is 10.0 Å². The summed E-state index contributed by atoms with van der Waals surface area (Å²) in [4.78, 5) is 5.55. The van der Waals surface area contributed by atoms with E-state index in [1.807, 2.05) is 28.9 Å². The SMILES string of the molecule is CCc1nn2cc(-c3ccccc3Br)nc2s1. The lowest BCUT2D eigenvalue weighted by atomic mass is 10.2. The third kappa shape index (κ3) is 1.89. The highest BCUT2D eigenvalue weighted by Gasteiger charge is 2.10. The second-order valence-electron chi connectivity index (χ2n) is 3.68. The first-order chi connectivity index (χ1) is 8.28. The molecule has 0 unspecified atom stereocenters. The molecule has 0 saturated carbocycles. The molecule has 2 aromatic heterocycles. The molecule has 0 bridgehead atoms. The third-order valence-electron chi connectivity index (χ3n) is 2.54. The van der Waals surface area contributed by atoms with Gasteiger partial charge in [-0.15, -0.1) is 0 Å². The molecule has 0 spiro atoms. The van der Waals surface area contributed by atoms with Crippen molar-refractivity contribution in [1.82, 2.24) is 14.6 Å². The first-order valence-corrected chi connectivity index (χ1v) is 6.99. The van der Waals surface area contributed by atoms with Gasteiger partial charge in [0.15, 0.2) is 0 Å². The van der Waals surface area contributed by atoms with Crippen LogP contribution >= 0.6 is 27.3 Å². The lowest BCUT2D eigenvalue weighted by Crippen LogP contribution is -1.83. The lowest BCUT2D eigenvalue weighted by Gasteiger charge is -1.98. The topological polar surface area (TPSA) is 30.2 Å². The van der Waals surface area contributed by atoms with Crippen LogP contribution in [0.3, 0.4) is 0 Å². The zero-order chi connectivity index (χ0) is 11.8. The Labute approximate surface area is 111 Å². The predicted octanol–water partition coefficient (Wildman–Crippen LogP) is 3.78. The monoisotopic (exact) mass is 307 g/mol. The summed E-state index contributed by atoms with van der Waals surface area (Å²) in [6, 6.07) is 8.09. The highest BCUT2D eigenvalue weighted by molar-refractivity contribution is 9.10. The molecule has 2 heterocycles. The molecule has 5 heteroatoms. The quantitative estimate of drug-likeness (QED) is 0.721. The van der Waals surface area contributed by atoms with Gasteiger partial charge in [0.1, 0.15) is 5.01 Å². The van der Waals surface area contributed by atoms with Crippen LogP contribution < -0.4 is 0 Å². The standard InChI is InChI=1S/C12H10BrN3S/c1-2-11-15-16-7-10(14-12(16)17-11)8-5-3-4-6-9(8)13/h3-7H,2H2,1H3. The van der Waals surface area contributed by atoms with Gasteiger partial charge in [-0.05, 0) is 12.5 Å². The summed E-state index contributed by atoms with van der Waals surface area (Å²) < 4.78 is 2.92. The minimum atomic E-state index is 0.951. The van der Waals surface area contributed by atoms with Crippen molar-refractivity contribution in [3.05, 3.63) is 39.9 Å². The van der Waals surface area contributed by atoms with Crippen molar-refractivity contribution in [3.8, 4) is 11.3 Å². The van der Waals surface area contributed by atoms with E-state index in [9.17, 15) is 0 Å². The summed E-state index contributed by atoms with van der Waals surface area (Å²) >= 11 is 5.18. The summed E-state index contributed by atoms with van der Waals surface area (Å²) in [5, 5.41) is 5.58. The van der Waals surface area contributed by atoms with Crippen molar-refractivity contribution in [3.63, 3.8) is 0 Å². The summed E-state index contributed by atoms with van der Waals surface area (Å²) in [5.41, 5.74) is 2.06. The highest BCUT2D eigenvalue weighted by Crippen LogP contribution is 2.28. The van der Waals surface area contributed by atoms with E-state index in [2.05, 4.69) is 39.0 Å². The van der Waals surface area contributed by atoms with Gasteiger partial charge >= 0.3 is 0 Å². The molecule has 0 aliphatic rings. The van der Waals surface area contributed by atoms with Crippen LogP contribution in [0.15, 0.2) is 34.9 Å².